The van der Waals surface area contributed by atoms with Crippen LogP contribution in [0.25, 0.3) is 11.3 Å². The van der Waals surface area contributed by atoms with Crippen molar-refractivity contribution in [3.8, 4) is 11.3 Å². The van der Waals surface area contributed by atoms with Crippen LogP contribution in [-0.4, -0.2) is 51.8 Å². The molecule has 8 heteroatoms. The molecule has 1 amide bonds. The number of pyridine rings is 1. The lowest BCUT2D eigenvalue weighted by molar-refractivity contribution is -0.132. The number of carbonyl (C=O) groups is 1. The van der Waals surface area contributed by atoms with Crippen molar-refractivity contribution >= 4 is 11.6 Å². The van der Waals surface area contributed by atoms with Gasteiger partial charge in [-0.2, -0.15) is 5.10 Å². The highest BCUT2D eigenvalue weighted by Gasteiger charge is 2.22. The zero-order chi connectivity index (χ0) is 20.2. The van der Waals surface area contributed by atoms with E-state index in [1.54, 1.807) is 47.6 Å². The number of hydrogen-bond acceptors (Lipinski definition) is 5. The molecule has 0 bridgehead atoms. The maximum absolute atomic E-state index is 13.1. The lowest BCUT2D eigenvalue weighted by Gasteiger charge is -2.36. The number of carbonyl (C=O) groups excluding carboxylic acids is 1. The number of amides is 1. The van der Waals surface area contributed by atoms with Gasteiger partial charge in [-0.15, -0.1) is 0 Å². The summed E-state index contributed by atoms with van der Waals surface area (Å²) < 4.78 is 14.3. The number of piperazine rings is 1. The second kappa shape index (κ2) is 8.22. The van der Waals surface area contributed by atoms with Crippen LogP contribution < -0.4 is 10.5 Å². The first-order chi connectivity index (χ1) is 14.1. The molecule has 148 valence electrons. The van der Waals surface area contributed by atoms with Gasteiger partial charge in [0.15, 0.2) is 0 Å². The summed E-state index contributed by atoms with van der Waals surface area (Å²) in [5, 5.41) is 4.33. The van der Waals surface area contributed by atoms with Crippen LogP contribution in [0.4, 0.5) is 10.1 Å². The fourth-order valence-electron chi connectivity index (χ4n) is 3.33. The molecular weight excluding hydrogens is 373 g/mol. The molecule has 2 aromatic heterocycles. The molecule has 0 atom stereocenters. The second-order valence-corrected chi connectivity index (χ2v) is 6.79. The van der Waals surface area contributed by atoms with Crippen molar-refractivity contribution in [2.24, 2.45) is 0 Å². The van der Waals surface area contributed by atoms with Gasteiger partial charge in [0.1, 0.15) is 12.4 Å². The van der Waals surface area contributed by atoms with Gasteiger partial charge in [0.2, 0.25) is 5.91 Å². The fourth-order valence-corrected chi connectivity index (χ4v) is 3.33. The van der Waals surface area contributed by atoms with E-state index in [-0.39, 0.29) is 23.8 Å². The minimum Gasteiger partial charge on any atom is -0.368 e. The van der Waals surface area contributed by atoms with E-state index in [1.807, 2.05) is 0 Å². The van der Waals surface area contributed by atoms with E-state index in [1.165, 1.54) is 22.9 Å². The molecule has 0 saturated carbocycles. The Bertz CT molecular complexity index is 1040. The summed E-state index contributed by atoms with van der Waals surface area (Å²) in [6.45, 7) is 2.27. The average Bonchev–Trinajstić information content (AvgIpc) is 2.76. The third-order valence-corrected chi connectivity index (χ3v) is 4.95. The Morgan fingerprint density at radius 2 is 1.62 bits per heavy atom. The van der Waals surface area contributed by atoms with Crippen LogP contribution in [0.15, 0.2) is 65.7 Å². The summed E-state index contributed by atoms with van der Waals surface area (Å²) in [5.74, 6) is -0.417. The highest BCUT2D eigenvalue weighted by Crippen LogP contribution is 2.17. The molecule has 0 spiro atoms. The summed E-state index contributed by atoms with van der Waals surface area (Å²) in [4.78, 5) is 32.7. The fraction of sp³-hybridized carbons (Fsp3) is 0.238. The molecule has 4 rings (SSSR count). The Labute approximate surface area is 167 Å². The number of hydrogen-bond donors (Lipinski definition) is 0. The lowest BCUT2D eigenvalue weighted by atomic mass is 10.2. The van der Waals surface area contributed by atoms with Crippen molar-refractivity contribution in [3.63, 3.8) is 0 Å². The van der Waals surface area contributed by atoms with Crippen molar-refractivity contribution in [3.05, 3.63) is 77.1 Å². The zero-order valence-electron chi connectivity index (χ0n) is 15.7. The third-order valence-electron chi connectivity index (χ3n) is 4.95. The Morgan fingerprint density at radius 3 is 2.31 bits per heavy atom. The first-order valence-electron chi connectivity index (χ1n) is 9.37. The van der Waals surface area contributed by atoms with Gasteiger partial charge in [-0.3, -0.25) is 14.6 Å². The van der Waals surface area contributed by atoms with E-state index >= 15 is 0 Å². The van der Waals surface area contributed by atoms with Crippen molar-refractivity contribution in [2.75, 3.05) is 31.1 Å². The van der Waals surface area contributed by atoms with Gasteiger partial charge in [0.25, 0.3) is 5.56 Å². The molecule has 7 nitrogen and oxygen atoms in total. The van der Waals surface area contributed by atoms with Crippen molar-refractivity contribution in [1.82, 2.24) is 19.7 Å². The summed E-state index contributed by atoms with van der Waals surface area (Å²) in [5.41, 5.74) is 2.05. The standard InChI is InChI=1S/C21H20FN5O2/c22-17-1-3-18(4-2-17)25-11-13-26(14-12-25)21(29)15-27-20(28)6-5-19(24-27)16-7-9-23-10-8-16/h1-10H,11-15H2. The summed E-state index contributed by atoms with van der Waals surface area (Å²) in [6, 6.07) is 13.0. The molecule has 1 fully saturated rings. The number of anilines is 1. The molecule has 0 radical (unpaired) electrons. The largest absolute Gasteiger partial charge is 0.368 e. The topological polar surface area (TPSA) is 71.3 Å². The Balaban J connectivity index is 1.41. The molecular formula is C21H20FN5O2. The number of aromatic nitrogens is 3. The van der Waals surface area contributed by atoms with Crippen LogP contribution >= 0.6 is 0 Å². The molecule has 1 aromatic carbocycles. The third kappa shape index (κ3) is 4.31. The molecule has 0 N–H and O–H groups in total. The highest BCUT2D eigenvalue weighted by molar-refractivity contribution is 5.76. The van der Waals surface area contributed by atoms with Gasteiger partial charge in [0, 0.05) is 55.9 Å². The monoisotopic (exact) mass is 393 g/mol. The molecule has 1 aliphatic heterocycles. The minimum absolute atomic E-state index is 0.103. The van der Waals surface area contributed by atoms with Gasteiger partial charge in [0.05, 0.1) is 5.69 Å². The minimum atomic E-state index is -0.318. The van der Waals surface area contributed by atoms with Crippen molar-refractivity contribution < 1.29 is 9.18 Å². The van der Waals surface area contributed by atoms with Crippen LogP contribution in [0.5, 0.6) is 0 Å². The van der Waals surface area contributed by atoms with E-state index in [9.17, 15) is 14.0 Å². The molecule has 29 heavy (non-hydrogen) atoms. The summed E-state index contributed by atoms with van der Waals surface area (Å²) >= 11 is 0. The average molecular weight is 393 g/mol. The first-order valence-corrected chi connectivity index (χ1v) is 9.37. The first kappa shape index (κ1) is 18.8. The van der Waals surface area contributed by atoms with Crippen LogP contribution in [0.2, 0.25) is 0 Å². The van der Waals surface area contributed by atoms with E-state index in [0.717, 1.165) is 11.3 Å². The van der Waals surface area contributed by atoms with Crippen LogP contribution in [-0.2, 0) is 11.3 Å². The van der Waals surface area contributed by atoms with Crippen LogP contribution in [0.1, 0.15) is 0 Å². The molecule has 1 saturated heterocycles. The van der Waals surface area contributed by atoms with Crippen LogP contribution in [0.3, 0.4) is 0 Å². The van der Waals surface area contributed by atoms with Gasteiger partial charge in [-0.25, -0.2) is 9.07 Å². The normalized spacial score (nSPS) is 14.1. The Kier molecular flexibility index (Phi) is 5.33. The molecule has 3 heterocycles. The van der Waals surface area contributed by atoms with E-state index in [4.69, 9.17) is 0 Å². The molecule has 0 unspecified atom stereocenters. The highest BCUT2D eigenvalue weighted by atomic mass is 19.1. The number of halogens is 1. The summed E-state index contributed by atoms with van der Waals surface area (Å²) in [6.07, 6.45) is 3.30. The van der Waals surface area contributed by atoms with Gasteiger partial charge >= 0.3 is 0 Å². The van der Waals surface area contributed by atoms with E-state index < -0.39 is 0 Å². The number of nitrogens with zero attached hydrogens (tertiary/aromatic N) is 5. The van der Waals surface area contributed by atoms with Gasteiger partial charge < -0.3 is 9.80 Å². The predicted molar refractivity (Wildman–Crippen MR) is 107 cm³/mol. The number of rotatable bonds is 4. The Morgan fingerprint density at radius 1 is 0.931 bits per heavy atom. The number of benzene rings is 1. The van der Waals surface area contributed by atoms with Crippen molar-refractivity contribution in [1.29, 1.82) is 0 Å². The smallest absolute Gasteiger partial charge is 0.267 e. The maximum atomic E-state index is 13.1. The molecule has 0 aliphatic carbocycles. The molecule has 1 aliphatic rings. The maximum Gasteiger partial charge on any atom is 0.267 e. The van der Waals surface area contributed by atoms with E-state index in [2.05, 4.69) is 15.0 Å². The van der Waals surface area contributed by atoms with Crippen molar-refractivity contribution in [2.45, 2.75) is 6.54 Å². The van der Waals surface area contributed by atoms with Gasteiger partial charge in [-0.1, -0.05) is 0 Å². The van der Waals surface area contributed by atoms with Gasteiger partial charge in [-0.05, 0) is 42.5 Å². The zero-order valence-corrected chi connectivity index (χ0v) is 15.7. The summed E-state index contributed by atoms with van der Waals surface area (Å²) in [7, 11) is 0. The quantitative estimate of drug-likeness (QED) is 0.676. The lowest BCUT2D eigenvalue weighted by Crippen LogP contribution is -2.50. The van der Waals surface area contributed by atoms with E-state index in [0.29, 0.717) is 31.9 Å². The van der Waals surface area contributed by atoms with Crippen LogP contribution in [0, 0.1) is 5.82 Å². The Hall–Kier alpha value is -3.55. The predicted octanol–water partition coefficient (Wildman–Crippen LogP) is 1.79. The second-order valence-electron chi connectivity index (χ2n) is 6.79. The SMILES string of the molecule is O=C(Cn1nc(-c2ccncc2)ccc1=O)N1CCN(c2ccc(F)cc2)CC1. The molecule has 3 aromatic rings.